The lowest BCUT2D eigenvalue weighted by atomic mass is 10.1. The molecule has 0 aliphatic carbocycles. The van der Waals surface area contributed by atoms with Crippen LogP contribution in [0.15, 0.2) is 48.5 Å². The first-order valence-electron chi connectivity index (χ1n) is 13.4. The van der Waals surface area contributed by atoms with Crippen LogP contribution in [0.2, 0.25) is 0 Å². The molecule has 0 spiro atoms. The summed E-state index contributed by atoms with van der Waals surface area (Å²) in [5.74, 6) is 2.16. The highest BCUT2D eigenvalue weighted by Crippen LogP contribution is 2.31. The number of fused-ring (bicyclic) bond motifs is 1. The van der Waals surface area contributed by atoms with Crippen LogP contribution in [-0.4, -0.2) is 48.6 Å². The molecule has 0 amide bonds. The van der Waals surface area contributed by atoms with Gasteiger partial charge in [0.2, 0.25) is 5.95 Å². The highest BCUT2D eigenvalue weighted by molar-refractivity contribution is 5.69. The molecule has 39 heavy (non-hydrogen) atoms. The number of unbranched alkanes of at least 4 members (excludes halogenated alkanes) is 2. The number of ether oxygens (including phenoxy) is 3. The summed E-state index contributed by atoms with van der Waals surface area (Å²) >= 11 is 0. The van der Waals surface area contributed by atoms with Gasteiger partial charge in [0.1, 0.15) is 11.6 Å². The molecule has 0 radical (unpaired) electrons. The Morgan fingerprint density at radius 2 is 1.72 bits per heavy atom. The maximum absolute atomic E-state index is 12.2. The van der Waals surface area contributed by atoms with Crippen LogP contribution < -0.4 is 15.0 Å². The van der Waals surface area contributed by atoms with Crippen molar-refractivity contribution in [2.24, 2.45) is 0 Å². The third-order valence-corrected chi connectivity index (χ3v) is 6.80. The van der Waals surface area contributed by atoms with E-state index in [2.05, 4.69) is 17.1 Å². The standard InChI is InChI=1S/C29H33F3N4O3/c1-20-17-36(14-16-38-20)28-34-26-19-37-18-25(26)27(35-28)33-23-9-5-21(6-10-23)22-7-11-24(12-8-22)39-15-4-2-3-13-29(30,31)32/h5-12,20H,2-4,13-19H2,1H3,(H,33,34,35)/t20-/m1/s1. The van der Waals surface area contributed by atoms with Gasteiger partial charge in [-0.3, -0.25) is 0 Å². The van der Waals surface area contributed by atoms with Gasteiger partial charge in [0, 0.05) is 30.8 Å². The van der Waals surface area contributed by atoms with E-state index in [4.69, 9.17) is 24.2 Å². The lowest BCUT2D eigenvalue weighted by Gasteiger charge is -2.31. The first-order valence-corrected chi connectivity index (χ1v) is 13.4. The lowest BCUT2D eigenvalue weighted by molar-refractivity contribution is -0.135. The van der Waals surface area contributed by atoms with Crippen molar-refractivity contribution in [1.82, 2.24) is 9.97 Å². The average Bonchev–Trinajstić information content (AvgIpc) is 3.40. The van der Waals surface area contributed by atoms with E-state index in [1.54, 1.807) is 0 Å². The average molecular weight is 543 g/mol. The van der Waals surface area contributed by atoms with Crippen molar-refractivity contribution in [1.29, 1.82) is 0 Å². The van der Waals surface area contributed by atoms with E-state index in [1.165, 1.54) is 0 Å². The Kier molecular flexibility index (Phi) is 8.52. The number of nitrogens with zero attached hydrogens (tertiary/aromatic N) is 3. The van der Waals surface area contributed by atoms with Gasteiger partial charge in [-0.1, -0.05) is 24.3 Å². The minimum Gasteiger partial charge on any atom is -0.494 e. The zero-order chi connectivity index (χ0) is 27.2. The van der Waals surface area contributed by atoms with Crippen molar-refractivity contribution in [3.63, 3.8) is 0 Å². The Bertz CT molecular complexity index is 1240. The van der Waals surface area contributed by atoms with Crippen LogP contribution in [0, 0.1) is 0 Å². The van der Waals surface area contributed by atoms with Crippen molar-refractivity contribution in [3.05, 3.63) is 59.8 Å². The molecule has 5 rings (SSSR count). The summed E-state index contributed by atoms with van der Waals surface area (Å²) in [5.41, 5.74) is 4.91. The van der Waals surface area contributed by atoms with Gasteiger partial charge < -0.3 is 24.4 Å². The molecular formula is C29H33F3N4O3. The molecule has 0 unspecified atom stereocenters. The number of morpholine rings is 1. The van der Waals surface area contributed by atoms with Crippen LogP contribution in [0.5, 0.6) is 5.75 Å². The Balaban J connectivity index is 1.18. The lowest BCUT2D eigenvalue weighted by Crippen LogP contribution is -2.42. The van der Waals surface area contributed by atoms with Gasteiger partial charge in [-0.15, -0.1) is 0 Å². The molecule has 0 bridgehead atoms. The number of aromatic nitrogens is 2. The van der Waals surface area contributed by atoms with E-state index in [0.29, 0.717) is 51.0 Å². The predicted molar refractivity (Wildman–Crippen MR) is 143 cm³/mol. The van der Waals surface area contributed by atoms with Crippen LogP contribution >= 0.6 is 0 Å². The van der Waals surface area contributed by atoms with Gasteiger partial charge in [-0.25, -0.2) is 4.98 Å². The fourth-order valence-corrected chi connectivity index (χ4v) is 4.70. The molecule has 10 heteroatoms. The molecule has 0 saturated carbocycles. The molecular weight excluding hydrogens is 509 g/mol. The number of anilines is 3. The Morgan fingerprint density at radius 3 is 2.44 bits per heavy atom. The Labute approximate surface area is 226 Å². The zero-order valence-corrected chi connectivity index (χ0v) is 22.0. The Morgan fingerprint density at radius 1 is 0.974 bits per heavy atom. The van der Waals surface area contributed by atoms with E-state index in [1.807, 2.05) is 48.5 Å². The second kappa shape index (κ2) is 12.2. The second-order valence-corrected chi connectivity index (χ2v) is 9.92. The van der Waals surface area contributed by atoms with Crippen LogP contribution in [-0.2, 0) is 22.7 Å². The topological polar surface area (TPSA) is 68.7 Å². The summed E-state index contributed by atoms with van der Waals surface area (Å²) in [7, 11) is 0. The molecule has 1 aromatic heterocycles. The van der Waals surface area contributed by atoms with Crippen molar-refractivity contribution in [3.8, 4) is 16.9 Å². The summed E-state index contributed by atoms with van der Waals surface area (Å²) < 4.78 is 53.7. The molecule has 1 N–H and O–H groups in total. The monoisotopic (exact) mass is 542 g/mol. The largest absolute Gasteiger partial charge is 0.494 e. The fraction of sp³-hybridized carbons (Fsp3) is 0.448. The summed E-state index contributed by atoms with van der Waals surface area (Å²) in [5, 5.41) is 3.46. The number of benzene rings is 2. The maximum Gasteiger partial charge on any atom is 0.389 e. The molecule has 3 heterocycles. The van der Waals surface area contributed by atoms with E-state index in [-0.39, 0.29) is 12.5 Å². The first-order chi connectivity index (χ1) is 18.8. The number of alkyl halides is 3. The highest BCUT2D eigenvalue weighted by Gasteiger charge is 2.26. The van der Waals surface area contributed by atoms with Gasteiger partial charge in [0.15, 0.2) is 0 Å². The summed E-state index contributed by atoms with van der Waals surface area (Å²) in [6.45, 7) is 5.58. The quantitative estimate of drug-likeness (QED) is 0.288. The van der Waals surface area contributed by atoms with E-state index < -0.39 is 12.6 Å². The van der Waals surface area contributed by atoms with Crippen LogP contribution in [0.3, 0.4) is 0 Å². The highest BCUT2D eigenvalue weighted by atomic mass is 19.4. The normalized spacial score (nSPS) is 17.2. The minimum absolute atomic E-state index is 0.132. The zero-order valence-electron chi connectivity index (χ0n) is 22.0. The van der Waals surface area contributed by atoms with Crippen LogP contribution in [0.1, 0.15) is 43.9 Å². The number of hydrogen-bond acceptors (Lipinski definition) is 7. The van der Waals surface area contributed by atoms with E-state index in [0.717, 1.165) is 47.0 Å². The Hall–Kier alpha value is -3.37. The van der Waals surface area contributed by atoms with E-state index >= 15 is 0 Å². The number of rotatable bonds is 10. The van der Waals surface area contributed by atoms with Gasteiger partial charge in [-0.05, 0) is 61.6 Å². The number of nitrogens with one attached hydrogen (secondary N) is 1. The third-order valence-electron chi connectivity index (χ3n) is 6.80. The van der Waals surface area contributed by atoms with Crippen molar-refractivity contribution in [2.45, 2.75) is 58.1 Å². The van der Waals surface area contributed by atoms with Gasteiger partial charge in [0.05, 0.1) is 38.2 Å². The molecule has 1 saturated heterocycles. The third kappa shape index (κ3) is 7.39. The van der Waals surface area contributed by atoms with Crippen LogP contribution in [0.25, 0.3) is 11.1 Å². The van der Waals surface area contributed by atoms with Crippen molar-refractivity contribution in [2.75, 3.05) is 36.5 Å². The summed E-state index contributed by atoms with van der Waals surface area (Å²) in [6, 6.07) is 15.8. The number of halogens is 3. The summed E-state index contributed by atoms with van der Waals surface area (Å²) in [4.78, 5) is 11.8. The molecule has 7 nitrogen and oxygen atoms in total. The molecule has 2 aromatic carbocycles. The molecule has 1 fully saturated rings. The van der Waals surface area contributed by atoms with E-state index in [9.17, 15) is 13.2 Å². The van der Waals surface area contributed by atoms with Crippen LogP contribution in [0.4, 0.5) is 30.6 Å². The fourth-order valence-electron chi connectivity index (χ4n) is 4.70. The molecule has 1 atom stereocenters. The molecule has 208 valence electrons. The maximum atomic E-state index is 12.2. The van der Waals surface area contributed by atoms with Gasteiger partial charge in [0.25, 0.3) is 0 Å². The molecule has 2 aliphatic heterocycles. The molecule has 2 aliphatic rings. The summed E-state index contributed by atoms with van der Waals surface area (Å²) in [6.07, 6.45) is -3.45. The smallest absolute Gasteiger partial charge is 0.389 e. The predicted octanol–water partition coefficient (Wildman–Crippen LogP) is 6.64. The van der Waals surface area contributed by atoms with Gasteiger partial charge >= 0.3 is 6.18 Å². The second-order valence-electron chi connectivity index (χ2n) is 9.92. The number of hydrogen-bond donors (Lipinski definition) is 1. The van der Waals surface area contributed by atoms with Crippen molar-refractivity contribution >= 4 is 17.5 Å². The molecule has 3 aromatic rings. The van der Waals surface area contributed by atoms with Crippen molar-refractivity contribution < 1.29 is 27.4 Å². The SMILES string of the molecule is C[C@@H]1CN(c2nc3c(c(Nc4ccc(-c5ccc(OCCCCCC(F)(F)F)cc5)cc4)n2)COC3)CCO1. The first kappa shape index (κ1) is 27.2. The minimum atomic E-state index is -4.08. The van der Waals surface area contributed by atoms with Gasteiger partial charge in [-0.2, -0.15) is 18.2 Å².